The molecular weight excluding hydrogens is 491 g/mol. The molecule has 0 unspecified atom stereocenters. The van der Waals surface area contributed by atoms with Crippen molar-refractivity contribution in [2.45, 2.75) is 43.6 Å². The van der Waals surface area contributed by atoms with E-state index >= 15 is 0 Å². The van der Waals surface area contributed by atoms with Gasteiger partial charge in [-0.25, -0.2) is 22.9 Å². The Morgan fingerprint density at radius 1 is 1.22 bits per heavy atom. The first-order chi connectivity index (χ1) is 17.1. The first-order valence-corrected chi connectivity index (χ1v) is 12.9. The Hall–Kier alpha value is -3.65. The molecule has 4 heterocycles. The monoisotopic (exact) mass is 516 g/mol. The van der Waals surface area contributed by atoms with E-state index in [-0.39, 0.29) is 28.2 Å². The highest BCUT2D eigenvalue weighted by Crippen LogP contribution is 2.33. The molecule has 0 atom stereocenters. The first kappa shape index (κ1) is 24.1. The lowest BCUT2D eigenvalue weighted by atomic mass is 10.1. The Morgan fingerprint density at radius 2 is 1.97 bits per heavy atom. The minimum absolute atomic E-state index is 0.0892. The number of sulfonamides is 1. The van der Waals surface area contributed by atoms with Crippen LogP contribution in [0.15, 0.2) is 33.9 Å². The molecule has 0 aliphatic carbocycles. The summed E-state index contributed by atoms with van der Waals surface area (Å²) in [5, 5.41) is 13.5. The summed E-state index contributed by atoms with van der Waals surface area (Å²) < 4.78 is 51.1. The van der Waals surface area contributed by atoms with Gasteiger partial charge in [-0.15, -0.1) is 0 Å². The molecule has 1 aromatic carbocycles. The molecule has 190 valence electrons. The second kappa shape index (κ2) is 9.09. The minimum atomic E-state index is -4.04. The summed E-state index contributed by atoms with van der Waals surface area (Å²) in [6.07, 6.45) is 2.63. The quantitative estimate of drug-likeness (QED) is 0.404. The SMILES string of the molecule is CC(C)c1noc(N2CCC(Oc3ncnc4c(-c5ccc(S(N)(=O)=O)cc5F)nn(C)c34)CC2)n1. The molecule has 2 N–H and O–H groups in total. The van der Waals surface area contributed by atoms with Gasteiger partial charge in [0.2, 0.25) is 15.9 Å². The molecule has 0 bridgehead atoms. The average Bonchev–Trinajstić information content (AvgIpc) is 3.45. The van der Waals surface area contributed by atoms with Gasteiger partial charge >= 0.3 is 6.01 Å². The highest BCUT2D eigenvalue weighted by molar-refractivity contribution is 7.89. The van der Waals surface area contributed by atoms with Crippen molar-refractivity contribution in [2.75, 3.05) is 18.0 Å². The number of hydrogen-bond donors (Lipinski definition) is 1. The van der Waals surface area contributed by atoms with E-state index in [4.69, 9.17) is 14.4 Å². The zero-order chi connectivity index (χ0) is 25.6. The van der Waals surface area contributed by atoms with Crippen molar-refractivity contribution in [3.63, 3.8) is 0 Å². The van der Waals surface area contributed by atoms with E-state index in [1.807, 2.05) is 18.7 Å². The van der Waals surface area contributed by atoms with Gasteiger partial charge in [-0.3, -0.25) is 4.68 Å². The van der Waals surface area contributed by atoms with Crippen LogP contribution in [0.5, 0.6) is 5.88 Å². The number of nitrogens with zero attached hydrogens (tertiary/aromatic N) is 7. The van der Waals surface area contributed by atoms with Gasteiger partial charge in [0, 0.05) is 44.5 Å². The third-order valence-electron chi connectivity index (χ3n) is 6.05. The van der Waals surface area contributed by atoms with Crippen molar-refractivity contribution in [3.05, 3.63) is 36.2 Å². The Labute approximate surface area is 206 Å². The summed E-state index contributed by atoms with van der Waals surface area (Å²) in [5.74, 6) is 0.416. The standard InChI is InChI=1S/C22H25FN8O4S/c1-12(2)20-27-22(35-29-20)31-8-6-13(7-9-31)34-21-19-18(25-11-26-21)17(28-30(19)3)15-5-4-14(10-16(15)23)36(24,32)33/h4-5,10-13H,6-9H2,1-3H3,(H2,24,32,33). The number of fused-ring (bicyclic) bond motifs is 1. The number of aryl methyl sites for hydroxylation is 1. The summed E-state index contributed by atoms with van der Waals surface area (Å²) >= 11 is 0. The number of halogens is 1. The first-order valence-electron chi connectivity index (χ1n) is 11.4. The third kappa shape index (κ3) is 4.48. The van der Waals surface area contributed by atoms with E-state index in [1.54, 1.807) is 7.05 Å². The second-order valence-corrected chi connectivity index (χ2v) is 10.5. The molecule has 1 aliphatic heterocycles. The second-order valence-electron chi connectivity index (χ2n) is 8.93. The molecule has 1 fully saturated rings. The Kier molecular flexibility index (Phi) is 6.08. The van der Waals surface area contributed by atoms with E-state index in [2.05, 4.69) is 25.2 Å². The number of benzene rings is 1. The summed E-state index contributed by atoms with van der Waals surface area (Å²) in [4.78, 5) is 14.8. The molecule has 36 heavy (non-hydrogen) atoms. The molecule has 5 rings (SSSR count). The van der Waals surface area contributed by atoms with Gasteiger partial charge in [0.15, 0.2) is 5.82 Å². The summed E-state index contributed by atoms with van der Waals surface area (Å²) in [7, 11) is -2.35. The molecule has 0 radical (unpaired) electrons. The molecule has 12 nitrogen and oxygen atoms in total. The normalized spacial score (nSPS) is 15.2. The fourth-order valence-electron chi connectivity index (χ4n) is 4.12. The van der Waals surface area contributed by atoms with Crippen molar-refractivity contribution >= 4 is 27.1 Å². The number of nitrogens with two attached hydrogens (primary N) is 1. The largest absolute Gasteiger partial charge is 0.473 e. The summed E-state index contributed by atoms with van der Waals surface area (Å²) in [5.41, 5.74) is 1.22. The van der Waals surface area contributed by atoms with Crippen LogP contribution in [0, 0.1) is 5.82 Å². The van der Waals surface area contributed by atoms with E-state index in [9.17, 15) is 12.8 Å². The maximum Gasteiger partial charge on any atom is 0.324 e. The Morgan fingerprint density at radius 3 is 2.61 bits per heavy atom. The van der Waals surface area contributed by atoms with Crippen molar-refractivity contribution in [1.82, 2.24) is 29.9 Å². The van der Waals surface area contributed by atoms with Gasteiger partial charge in [-0.2, -0.15) is 15.1 Å². The van der Waals surface area contributed by atoms with Gasteiger partial charge < -0.3 is 14.2 Å². The molecular formula is C22H25FN8O4S. The number of primary sulfonamides is 1. The maximum absolute atomic E-state index is 14.8. The van der Waals surface area contributed by atoms with Crippen LogP contribution in [-0.2, 0) is 17.1 Å². The molecule has 1 aliphatic rings. The average molecular weight is 517 g/mol. The predicted molar refractivity (Wildman–Crippen MR) is 127 cm³/mol. The Balaban J connectivity index is 1.37. The molecule has 1 saturated heterocycles. The number of hydrogen-bond acceptors (Lipinski definition) is 10. The lowest BCUT2D eigenvalue weighted by Crippen LogP contribution is -2.38. The number of anilines is 1. The molecule has 0 saturated carbocycles. The number of piperidine rings is 1. The predicted octanol–water partition coefficient (Wildman–Crippen LogP) is 2.37. The van der Waals surface area contributed by atoms with Crippen molar-refractivity contribution in [2.24, 2.45) is 12.2 Å². The lowest BCUT2D eigenvalue weighted by Gasteiger charge is -2.30. The van der Waals surface area contributed by atoms with Crippen LogP contribution < -0.4 is 14.8 Å². The zero-order valence-corrected chi connectivity index (χ0v) is 20.7. The van der Waals surface area contributed by atoms with E-state index < -0.39 is 15.8 Å². The highest BCUT2D eigenvalue weighted by atomic mass is 32.2. The number of aromatic nitrogens is 6. The minimum Gasteiger partial charge on any atom is -0.473 e. The van der Waals surface area contributed by atoms with E-state index in [0.717, 1.165) is 6.07 Å². The van der Waals surface area contributed by atoms with Crippen molar-refractivity contribution < 1.29 is 22.1 Å². The molecule has 3 aromatic heterocycles. The topological polar surface area (TPSA) is 155 Å². The van der Waals surface area contributed by atoms with Crippen molar-refractivity contribution in [3.8, 4) is 17.1 Å². The number of rotatable bonds is 6. The Bertz CT molecular complexity index is 1530. The van der Waals surface area contributed by atoms with Gasteiger partial charge in [0.1, 0.15) is 35.0 Å². The van der Waals surface area contributed by atoms with E-state index in [1.165, 1.54) is 23.1 Å². The highest BCUT2D eigenvalue weighted by Gasteiger charge is 2.27. The van der Waals surface area contributed by atoms with Gasteiger partial charge in [-0.1, -0.05) is 19.0 Å². The molecule has 4 aromatic rings. The van der Waals surface area contributed by atoms with Crippen LogP contribution in [0.2, 0.25) is 0 Å². The lowest BCUT2D eigenvalue weighted by molar-refractivity contribution is 0.163. The van der Waals surface area contributed by atoms with Crippen LogP contribution in [0.4, 0.5) is 10.4 Å². The van der Waals surface area contributed by atoms with Gasteiger partial charge in [-0.05, 0) is 18.2 Å². The summed E-state index contributed by atoms with van der Waals surface area (Å²) in [6, 6.07) is 3.92. The maximum atomic E-state index is 14.8. The summed E-state index contributed by atoms with van der Waals surface area (Å²) in [6.45, 7) is 5.37. The van der Waals surface area contributed by atoms with E-state index in [0.29, 0.717) is 54.7 Å². The van der Waals surface area contributed by atoms with Crippen molar-refractivity contribution in [1.29, 1.82) is 0 Å². The smallest absolute Gasteiger partial charge is 0.324 e. The number of ether oxygens (including phenoxy) is 1. The fraction of sp³-hybridized carbons (Fsp3) is 0.409. The van der Waals surface area contributed by atoms with Crippen LogP contribution in [0.1, 0.15) is 38.4 Å². The van der Waals surface area contributed by atoms with Gasteiger partial charge in [0.05, 0.1) is 4.90 Å². The molecule has 0 spiro atoms. The van der Waals surface area contributed by atoms with Crippen LogP contribution in [0.3, 0.4) is 0 Å². The van der Waals surface area contributed by atoms with Crippen LogP contribution in [0.25, 0.3) is 22.3 Å². The molecule has 0 amide bonds. The molecule has 14 heteroatoms. The van der Waals surface area contributed by atoms with Gasteiger partial charge in [0.25, 0.3) is 0 Å². The fourth-order valence-corrected chi connectivity index (χ4v) is 4.65. The third-order valence-corrected chi connectivity index (χ3v) is 6.96. The zero-order valence-electron chi connectivity index (χ0n) is 19.9. The van der Waals surface area contributed by atoms with Crippen LogP contribution in [-0.4, -0.2) is 57.5 Å². The van der Waals surface area contributed by atoms with Crippen LogP contribution >= 0.6 is 0 Å².